The van der Waals surface area contributed by atoms with Gasteiger partial charge in [-0.05, 0) is 19.3 Å². The minimum Gasteiger partial charge on any atom is -0.394 e. The van der Waals surface area contributed by atoms with Gasteiger partial charge in [0.05, 0.1) is 31.2 Å². The lowest BCUT2D eigenvalue weighted by atomic mass is 10.0. The molecule has 1 aromatic rings. The Bertz CT molecular complexity index is 533. The van der Waals surface area contributed by atoms with Gasteiger partial charge >= 0.3 is 0 Å². The predicted octanol–water partition coefficient (Wildman–Crippen LogP) is 0.776. The molecule has 0 saturated carbocycles. The Morgan fingerprint density at radius 3 is 3.11 bits per heavy atom. The number of amides is 1. The third-order valence-electron chi connectivity index (χ3n) is 4.12. The summed E-state index contributed by atoms with van der Waals surface area (Å²) in [7, 11) is 1.96. The number of allylic oxidation sites excluding steroid dienone is 1. The van der Waals surface area contributed by atoms with Crippen LogP contribution in [0.25, 0.3) is 0 Å². The zero-order chi connectivity index (χ0) is 13.4. The topological polar surface area (TPSA) is 58.4 Å². The fraction of sp³-hybridized carbons (Fsp3) is 0.571. The minimum absolute atomic E-state index is 0.00361. The van der Waals surface area contributed by atoms with Gasteiger partial charge in [0.25, 0.3) is 0 Å². The third-order valence-corrected chi connectivity index (χ3v) is 4.12. The molecule has 5 heteroatoms. The summed E-state index contributed by atoms with van der Waals surface area (Å²) in [5.41, 5.74) is 2.99. The van der Waals surface area contributed by atoms with E-state index in [-0.39, 0.29) is 18.6 Å². The number of aliphatic hydroxyl groups excluding tert-OH is 1. The first kappa shape index (κ1) is 12.4. The fourth-order valence-electron chi connectivity index (χ4n) is 2.97. The molecular weight excluding hydrogens is 242 g/mol. The first-order chi connectivity index (χ1) is 9.20. The SMILES string of the molecule is Cn1cnc2c1CC(CO)N(C(=O)C1=CCCC1)C2. The molecule has 0 spiro atoms. The molecule has 0 radical (unpaired) electrons. The maximum Gasteiger partial charge on any atom is 0.250 e. The number of hydrogen-bond acceptors (Lipinski definition) is 3. The van der Waals surface area contributed by atoms with E-state index in [1.165, 1.54) is 0 Å². The maximum absolute atomic E-state index is 12.5. The van der Waals surface area contributed by atoms with E-state index in [1.807, 2.05) is 17.7 Å². The van der Waals surface area contributed by atoms with Crippen LogP contribution in [0.3, 0.4) is 0 Å². The van der Waals surface area contributed by atoms with Gasteiger partial charge < -0.3 is 14.6 Å². The van der Waals surface area contributed by atoms with Crippen LogP contribution in [0.1, 0.15) is 30.7 Å². The van der Waals surface area contributed by atoms with Crippen LogP contribution in [0.5, 0.6) is 0 Å². The Morgan fingerprint density at radius 2 is 2.42 bits per heavy atom. The third kappa shape index (κ3) is 2.08. The van der Waals surface area contributed by atoms with Crippen LogP contribution in [-0.2, 0) is 24.8 Å². The number of carbonyl (C=O) groups excluding carboxylic acids is 1. The number of aliphatic hydroxyl groups is 1. The van der Waals surface area contributed by atoms with E-state index in [0.29, 0.717) is 13.0 Å². The van der Waals surface area contributed by atoms with Gasteiger partial charge in [-0.15, -0.1) is 0 Å². The second kappa shape index (κ2) is 4.81. The molecule has 1 aromatic heterocycles. The van der Waals surface area contributed by atoms with Crippen molar-refractivity contribution < 1.29 is 9.90 Å². The Morgan fingerprint density at radius 1 is 1.58 bits per heavy atom. The quantitative estimate of drug-likeness (QED) is 0.855. The standard InChI is InChI=1S/C14H19N3O2/c1-16-9-15-12-7-17(11(8-18)6-13(12)16)14(19)10-4-2-3-5-10/h4,9,11,18H,2-3,5-8H2,1H3. The Hall–Kier alpha value is -1.62. The molecule has 0 aromatic carbocycles. The summed E-state index contributed by atoms with van der Waals surface area (Å²) >= 11 is 0. The van der Waals surface area contributed by atoms with E-state index in [4.69, 9.17) is 0 Å². The molecule has 2 aliphatic rings. The second-order valence-corrected chi connectivity index (χ2v) is 5.34. The fourth-order valence-corrected chi connectivity index (χ4v) is 2.97. The van der Waals surface area contributed by atoms with Crippen LogP contribution in [0.4, 0.5) is 0 Å². The molecule has 2 heterocycles. The van der Waals surface area contributed by atoms with Crippen LogP contribution < -0.4 is 0 Å². The largest absolute Gasteiger partial charge is 0.394 e. The number of aromatic nitrogens is 2. The van der Waals surface area contributed by atoms with Crippen LogP contribution >= 0.6 is 0 Å². The molecule has 0 bridgehead atoms. The van der Waals surface area contributed by atoms with Crippen molar-refractivity contribution in [3.63, 3.8) is 0 Å². The van der Waals surface area contributed by atoms with Crippen molar-refractivity contribution in [3.8, 4) is 0 Å². The second-order valence-electron chi connectivity index (χ2n) is 5.34. The highest BCUT2D eigenvalue weighted by atomic mass is 16.3. The van der Waals surface area contributed by atoms with E-state index in [1.54, 1.807) is 11.2 Å². The molecule has 1 aliphatic heterocycles. The first-order valence-corrected chi connectivity index (χ1v) is 6.80. The molecule has 0 saturated heterocycles. The molecule has 0 fully saturated rings. The smallest absolute Gasteiger partial charge is 0.250 e. The lowest BCUT2D eigenvalue weighted by Crippen LogP contribution is -2.47. The number of hydrogen-bond donors (Lipinski definition) is 1. The number of aryl methyl sites for hydroxylation is 1. The maximum atomic E-state index is 12.5. The van der Waals surface area contributed by atoms with Crippen LogP contribution in [0.2, 0.25) is 0 Å². The van der Waals surface area contributed by atoms with Crippen molar-refractivity contribution in [2.75, 3.05) is 6.61 Å². The van der Waals surface area contributed by atoms with Gasteiger partial charge in [0.15, 0.2) is 0 Å². The predicted molar refractivity (Wildman–Crippen MR) is 70.3 cm³/mol. The molecule has 102 valence electrons. The Kier molecular flexibility index (Phi) is 3.14. The van der Waals surface area contributed by atoms with Crippen LogP contribution in [0, 0.1) is 0 Å². The molecule has 1 unspecified atom stereocenters. The average Bonchev–Trinajstić information content (AvgIpc) is 3.07. The zero-order valence-electron chi connectivity index (χ0n) is 11.2. The molecule has 1 atom stereocenters. The minimum atomic E-state index is -0.128. The van der Waals surface area contributed by atoms with Gasteiger partial charge in [0, 0.05) is 24.7 Å². The monoisotopic (exact) mass is 261 g/mol. The van der Waals surface area contributed by atoms with E-state index in [0.717, 1.165) is 36.2 Å². The van der Waals surface area contributed by atoms with E-state index < -0.39 is 0 Å². The highest BCUT2D eigenvalue weighted by molar-refractivity contribution is 5.94. The van der Waals surface area contributed by atoms with E-state index in [9.17, 15) is 9.90 Å². The average molecular weight is 261 g/mol. The number of imidazole rings is 1. The summed E-state index contributed by atoms with van der Waals surface area (Å²) < 4.78 is 1.98. The van der Waals surface area contributed by atoms with E-state index in [2.05, 4.69) is 4.98 Å². The summed E-state index contributed by atoms with van der Waals surface area (Å²) in [4.78, 5) is 18.6. The highest BCUT2D eigenvalue weighted by Gasteiger charge is 2.33. The zero-order valence-corrected chi connectivity index (χ0v) is 11.2. The Labute approximate surface area is 112 Å². The lowest BCUT2D eigenvalue weighted by Gasteiger charge is -2.34. The molecule has 1 aliphatic carbocycles. The van der Waals surface area contributed by atoms with E-state index >= 15 is 0 Å². The summed E-state index contributed by atoms with van der Waals surface area (Å²) in [5.74, 6) is 0.0767. The normalized spacial score (nSPS) is 22.3. The van der Waals surface area contributed by atoms with Gasteiger partial charge in [0.2, 0.25) is 5.91 Å². The number of carbonyl (C=O) groups is 1. The van der Waals surface area contributed by atoms with Gasteiger partial charge in [-0.25, -0.2) is 4.98 Å². The van der Waals surface area contributed by atoms with Gasteiger partial charge in [-0.1, -0.05) is 6.08 Å². The summed E-state index contributed by atoms with van der Waals surface area (Å²) in [5, 5.41) is 9.56. The number of nitrogens with zero attached hydrogens (tertiary/aromatic N) is 3. The van der Waals surface area contributed by atoms with Crippen LogP contribution in [-0.4, -0.2) is 38.1 Å². The molecule has 19 heavy (non-hydrogen) atoms. The van der Waals surface area contributed by atoms with Crippen molar-refractivity contribution >= 4 is 5.91 Å². The molecule has 1 N–H and O–H groups in total. The molecular formula is C14H19N3O2. The number of rotatable bonds is 2. The summed E-state index contributed by atoms with van der Waals surface area (Å²) in [6.45, 7) is 0.515. The van der Waals surface area contributed by atoms with Crippen molar-refractivity contribution in [2.24, 2.45) is 7.05 Å². The van der Waals surface area contributed by atoms with Crippen molar-refractivity contribution in [3.05, 3.63) is 29.4 Å². The summed E-state index contributed by atoms with van der Waals surface area (Å²) in [6, 6.07) is -0.128. The highest BCUT2D eigenvalue weighted by Crippen LogP contribution is 2.26. The lowest BCUT2D eigenvalue weighted by molar-refractivity contribution is -0.131. The Balaban J connectivity index is 1.87. The van der Waals surface area contributed by atoms with Gasteiger partial charge in [-0.3, -0.25) is 4.79 Å². The van der Waals surface area contributed by atoms with Crippen molar-refractivity contribution in [1.29, 1.82) is 0 Å². The summed E-state index contributed by atoms with van der Waals surface area (Å²) in [6.07, 6.45) is 7.41. The van der Waals surface area contributed by atoms with Gasteiger partial charge in [0.1, 0.15) is 0 Å². The molecule has 3 rings (SSSR count). The number of fused-ring (bicyclic) bond motifs is 1. The van der Waals surface area contributed by atoms with Gasteiger partial charge in [-0.2, -0.15) is 0 Å². The first-order valence-electron chi connectivity index (χ1n) is 6.80. The van der Waals surface area contributed by atoms with Crippen molar-refractivity contribution in [1.82, 2.24) is 14.5 Å². The molecule has 5 nitrogen and oxygen atoms in total. The molecule has 1 amide bonds. The van der Waals surface area contributed by atoms with Crippen LogP contribution in [0.15, 0.2) is 18.0 Å². The van der Waals surface area contributed by atoms with Crippen molar-refractivity contribution in [2.45, 2.75) is 38.3 Å².